The third-order valence-corrected chi connectivity index (χ3v) is 9.07. The van der Waals surface area contributed by atoms with Gasteiger partial charge < -0.3 is 44.2 Å². The number of rotatable bonds is 17. The molecule has 5 aromatic rings. The van der Waals surface area contributed by atoms with Gasteiger partial charge in [-0.2, -0.15) is 0 Å². The quantitative estimate of drug-likeness (QED) is 0.0186. The predicted octanol–water partition coefficient (Wildman–Crippen LogP) is 10.4. The summed E-state index contributed by atoms with van der Waals surface area (Å²) in [6.45, 7) is 14.0. The molecule has 17 nitrogen and oxygen atoms in total. The Kier molecular flexibility index (Phi) is 33.6. The molecule has 0 saturated carbocycles. The van der Waals surface area contributed by atoms with Crippen molar-refractivity contribution in [3.63, 3.8) is 0 Å². The molecule has 22 heteroatoms. The van der Waals surface area contributed by atoms with Crippen molar-refractivity contribution in [3.05, 3.63) is 155 Å². The van der Waals surface area contributed by atoms with E-state index in [2.05, 4.69) is 35.1 Å². The SMILES string of the molecule is Cc1cc(N)ccc1NCCCNc1ccc(N)cc1C.Cc1cc([N+](=O)[O-])ccc1F.Cc1cc([N+](=O)[O-])ccc1NCCCNc1ccc([N+](=O)[O-])cc1C.Cl.Cl.Cl.Cl.NCCCN. The van der Waals surface area contributed by atoms with Crippen molar-refractivity contribution in [3.8, 4) is 0 Å². The van der Waals surface area contributed by atoms with Crippen LogP contribution in [0.3, 0.4) is 0 Å². The summed E-state index contributed by atoms with van der Waals surface area (Å²) in [6.07, 6.45) is 2.81. The molecule has 66 heavy (non-hydrogen) atoms. The molecule has 0 spiro atoms. The Hall–Kier alpha value is -5.89. The van der Waals surface area contributed by atoms with Crippen molar-refractivity contribution in [2.75, 3.05) is 72.0 Å². The number of non-ortho nitro benzene ring substituents is 3. The Bertz CT molecular complexity index is 2130. The summed E-state index contributed by atoms with van der Waals surface area (Å²) >= 11 is 0. The van der Waals surface area contributed by atoms with Crippen molar-refractivity contribution in [2.45, 2.75) is 53.9 Å². The van der Waals surface area contributed by atoms with Crippen LogP contribution in [-0.2, 0) is 0 Å². The topological polar surface area (TPSA) is 282 Å². The Morgan fingerprint density at radius 2 is 0.712 bits per heavy atom. The molecule has 366 valence electrons. The number of halogens is 5. The van der Waals surface area contributed by atoms with Gasteiger partial charge in [-0.05, 0) is 149 Å². The molecule has 0 radical (unpaired) electrons. The second-order valence-corrected chi connectivity index (χ2v) is 14.2. The maximum atomic E-state index is 12.5. The number of aryl methyl sites for hydroxylation is 5. The molecule has 0 aliphatic heterocycles. The van der Waals surface area contributed by atoms with Crippen LogP contribution in [0.5, 0.6) is 0 Å². The van der Waals surface area contributed by atoms with Gasteiger partial charge >= 0.3 is 0 Å². The zero-order valence-electron chi connectivity index (χ0n) is 37.6. The summed E-state index contributed by atoms with van der Waals surface area (Å²) in [5.41, 5.74) is 31.6. The summed E-state index contributed by atoms with van der Waals surface area (Å²) in [5.74, 6) is -0.421. The number of hydrogen-bond acceptors (Lipinski definition) is 14. The van der Waals surface area contributed by atoms with Crippen molar-refractivity contribution in [1.82, 2.24) is 0 Å². The van der Waals surface area contributed by atoms with Crippen molar-refractivity contribution in [1.29, 1.82) is 0 Å². The Morgan fingerprint density at radius 1 is 0.439 bits per heavy atom. The number of nitrogens with two attached hydrogens (primary N) is 4. The van der Waals surface area contributed by atoms with Gasteiger partial charge in [0.15, 0.2) is 0 Å². The maximum Gasteiger partial charge on any atom is 0.269 e. The first-order valence-corrected chi connectivity index (χ1v) is 20.0. The van der Waals surface area contributed by atoms with Crippen LogP contribution in [0.1, 0.15) is 47.1 Å². The number of nitro groups is 3. The molecular weight excluding hydrogens is 939 g/mol. The first-order chi connectivity index (χ1) is 29.5. The molecular formula is C44H64Cl4FN11O6. The van der Waals surface area contributed by atoms with E-state index < -0.39 is 20.6 Å². The molecule has 0 heterocycles. The lowest BCUT2D eigenvalue weighted by Crippen LogP contribution is -2.10. The van der Waals surface area contributed by atoms with Crippen molar-refractivity contribution >= 4 is 101 Å². The third kappa shape index (κ3) is 23.9. The molecule has 0 aromatic heterocycles. The number of benzene rings is 5. The molecule has 5 rings (SSSR count). The Balaban J connectivity index is -0.000000875. The smallest absolute Gasteiger partial charge is 0.269 e. The average molecular weight is 1000 g/mol. The van der Waals surface area contributed by atoms with E-state index in [-0.39, 0.29) is 66.7 Å². The molecule has 0 unspecified atom stereocenters. The number of anilines is 6. The van der Waals surface area contributed by atoms with E-state index in [0.29, 0.717) is 18.7 Å². The minimum Gasteiger partial charge on any atom is -0.399 e. The zero-order chi connectivity index (χ0) is 46.2. The molecule has 0 fully saturated rings. The molecule has 0 aliphatic rings. The minimum atomic E-state index is -0.549. The van der Waals surface area contributed by atoms with Crippen LogP contribution in [0.4, 0.5) is 55.6 Å². The monoisotopic (exact) mass is 1000 g/mol. The molecule has 5 aromatic carbocycles. The highest BCUT2D eigenvalue weighted by atomic mass is 35.5. The second-order valence-electron chi connectivity index (χ2n) is 14.2. The lowest BCUT2D eigenvalue weighted by molar-refractivity contribution is -0.385. The number of nitrogens with one attached hydrogen (secondary N) is 4. The van der Waals surface area contributed by atoms with Crippen molar-refractivity contribution < 1.29 is 19.2 Å². The van der Waals surface area contributed by atoms with E-state index in [1.165, 1.54) is 36.2 Å². The number of nitrogens with zero attached hydrogens (tertiary/aromatic N) is 3. The highest BCUT2D eigenvalue weighted by molar-refractivity contribution is 5.86. The lowest BCUT2D eigenvalue weighted by atomic mass is 10.1. The normalized spacial score (nSPS) is 9.45. The molecule has 0 amide bonds. The van der Waals surface area contributed by atoms with Gasteiger partial charge in [0.25, 0.3) is 17.1 Å². The number of nitrogen functional groups attached to an aromatic ring is 2. The van der Waals surface area contributed by atoms with Gasteiger partial charge in [-0.1, -0.05) is 0 Å². The summed E-state index contributed by atoms with van der Waals surface area (Å²) in [6, 6.07) is 24.8. The summed E-state index contributed by atoms with van der Waals surface area (Å²) in [7, 11) is 0. The predicted molar refractivity (Wildman–Crippen MR) is 280 cm³/mol. The van der Waals surface area contributed by atoms with E-state index in [0.717, 1.165) is 103 Å². The summed E-state index contributed by atoms with van der Waals surface area (Å²) in [4.78, 5) is 30.2. The highest BCUT2D eigenvalue weighted by Gasteiger charge is 2.10. The van der Waals surface area contributed by atoms with Crippen LogP contribution in [0.2, 0.25) is 0 Å². The average Bonchev–Trinajstić information content (AvgIpc) is 3.22. The van der Waals surface area contributed by atoms with Gasteiger partial charge in [0.05, 0.1) is 14.8 Å². The Morgan fingerprint density at radius 3 is 0.955 bits per heavy atom. The second kappa shape index (κ2) is 34.5. The van der Waals surface area contributed by atoms with E-state index >= 15 is 0 Å². The first-order valence-electron chi connectivity index (χ1n) is 20.0. The highest BCUT2D eigenvalue weighted by Crippen LogP contribution is 2.23. The van der Waals surface area contributed by atoms with Crippen LogP contribution in [-0.4, -0.2) is 54.0 Å². The molecule has 12 N–H and O–H groups in total. The number of nitro benzene ring substituents is 3. The van der Waals surface area contributed by atoms with Crippen LogP contribution < -0.4 is 44.2 Å². The largest absolute Gasteiger partial charge is 0.399 e. The van der Waals surface area contributed by atoms with Crippen molar-refractivity contribution in [2.24, 2.45) is 11.5 Å². The van der Waals surface area contributed by atoms with Crippen LogP contribution in [0, 0.1) is 70.8 Å². The fourth-order valence-corrected chi connectivity index (χ4v) is 5.62. The summed E-state index contributed by atoms with van der Waals surface area (Å²) < 4.78 is 12.5. The summed E-state index contributed by atoms with van der Waals surface area (Å²) in [5, 5.41) is 45.0. The minimum absolute atomic E-state index is 0. The van der Waals surface area contributed by atoms with Gasteiger partial charge in [-0.3, -0.25) is 30.3 Å². The maximum absolute atomic E-state index is 12.5. The number of hydrogen-bond donors (Lipinski definition) is 8. The van der Waals surface area contributed by atoms with Crippen LogP contribution in [0.15, 0.2) is 91.0 Å². The van der Waals surface area contributed by atoms with E-state index in [4.69, 9.17) is 22.9 Å². The van der Waals surface area contributed by atoms with E-state index in [1.807, 2.05) is 50.2 Å². The fourth-order valence-electron chi connectivity index (χ4n) is 5.62. The van der Waals surface area contributed by atoms with Crippen LogP contribution >= 0.6 is 49.6 Å². The van der Waals surface area contributed by atoms with Gasteiger partial charge in [0, 0.05) is 96.7 Å². The molecule has 0 aliphatic carbocycles. The molecule has 0 bridgehead atoms. The zero-order valence-corrected chi connectivity index (χ0v) is 40.9. The van der Waals surface area contributed by atoms with E-state index in [1.54, 1.807) is 24.3 Å². The third-order valence-electron chi connectivity index (χ3n) is 9.07. The van der Waals surface area contributed by atoms with E-state index in [9.17, 15) is 34.7 Å². The standard InChI is InChI=1S/C17H20N4O4.C17H24N4.C7H6FNO2.C3H10N2.4ClH/c1-12-10-14(20(22)23)4-6-16(12)18-8-3-9-19-17-7-5-15(21(24)25)11-13(17)2;1-12-10-14(18)4-6-16(12)20-8-3-9-21-17-7-5-15(19)11-13(17)2;1-5-4-6(9(10)11)2-3-7(5)8;4-2-1-3-5;;;;/h4-7,10-11,18-19H,3,8-9H2,1-2H3;4-7,10-11,20-21H,3,8-9,18-19H2,1-2H3;2-4H,1H3;1-5H2;4*1H. The fraction of sp³-hybridized carbons (Fsp3) is 0.318. The van der Waals surface area contributed by atoms with Crippen LogP contribution in [0.25, 0.3) is 0 Å². The molecule has 0 saturated heterocycles. The lowest BCUT2D eigenvalue weighted by Gasteiger charge is -2.12. The van der Waals surface area contributed by atoms with Gasteiger partial charge in [0.2, 0.25) is 0 Å². The van der Waals surface area contributed by atoms with Gasteiger partial charge in [-0.25, -0.2) is 4.39 Å². The van der Waals surface area contributed by atoms with Gasteiger partial charge in [-0.15, -0.1) is 49.6 Å². The Labute approximate surface area is 410 Å². The van der Waals surface area contributed by atoms with Gasteiger partial charge in [0.1, 0.15) is 5.82 Å². The molecule has 0 atom stereocenters. The first kappa shape index (κ1) is 64.4.